The molecule has 0 bridgehead atoms. The van der Waals surface area contributed by atoms with Gasteiger partial charge in [-0.2, -0.15) is 0 Å². The topological polar surface area (TPSA) is 38.3 Å². The number of amides is 1. The minimum Gasteiger partial charge on any atom is -0.486 e. The van der Waals surface area contributed by atoms with Gasteiger partial charge in [0.25, 0.3) is 0 Å². The molecule has 1 aromatic rings. The van der Waals surface area contributed by atoms with Crippen molar-refractivity contribution in [1.29, 1.82) is 0 Å². The Labute approximate surface area is 128 Å². The van der Waals surface area contributed by atoms with E-state index < -0.39 is 0 Å². The molecule has 2 unspecified atom stereocenters. The summed E-state index contributed by atoms with van der Waals surface area (Å²) in [6, 6.07) is 8.24. The molecule has 2 atom stereocenters. The highest BCUT2D eigenvalue weighted by Crippen LogP contribution is 2.23. The largest absolute Gasteiger partial charge is 0.486 e. The number of nitrogens with one attached hydrogen (secondary N) is 1. The molecule has 0 aliphatic rings. The van der Waals surface area contributed by atoms with E-state index in [9.17, 15) is 4.79 Å². The lowest BCUT2D eigenvalue weighted by Gasteiger charge is -2.16. The van der Waals surface area contributed by atoms with Crippen molar-refractivity contribution < 1.29 is 9.53 Å². The Hall–Kier alpha value is -1.77. The molecule has 0 aromatic heterocycles. The van der Waals surface area contributed by atoms with Gasteiger partial charge in [-0.3, -0.25) is 4.79 Å². The zero-order valence-electron chi connectivity index (χ0n) is 13.4. The highest BCUT2D eigenvalue weighted by atomic mass is 16.5. The second-order valence-electron chi connectivity index (χ2n) is 5.36. The fourth-order valence-electron chi connectivity index (χ4n) is 2.27. The highest BCUT2D eigenvalue weighted by Gasteiger charge is 2.10. The molecule has 1 amide bonds. The fraction of sp³-hybridized carbons (Fsp3) is 0.500. The summed E-state index contributed by atoms with van der Waals surface area (Å²) in [6.45, 7) is 8.22. The molecule has 0 saturated heterocycles. The molecule has 116 valence electrons. The van der Waals surface area contributed by atoms with Gasteiger partial charge in [0.15, 0.2) is 0 Å². The summed E-state index contributed by atoms with van der Waals surface area (Å²) in [5.41, 5.74) is 1.34. The monoisotopic (exact) mass is 289 g/mol. The number of benzene rings is 1. The summed E-state index contributed by atoms with van der Waals surface area (Å²) in [6.07, 6.45) is 5.08. The van der Waals surface area contributed by atoms with E-state index in [1.165, 1.54) is 18.4 Å². The third kappa shape index (κ3) is 6.03. The van der Waals surface area contributed by atoms with Gasteiger partial charge in [0.2, 0.25) is 5.91 Å². The smallest absolute Gasteiger partial charge is 0.219 e. The summed E-state index contributed by atoms with van der Waals surface area (Å²) in [5, 5.41) is 2.61. The van der Waals surface area contributed by atoms with E-state index in [0.717, 1.165) is 5.75 Å². The summed E-state index contributed by atoms with van der Waals surface area (Å²) in [5.74, 6) is 1.42. The molecule has 0 heterocycles. The van der Waals surface area contributed by atoms with Crippen LogP contribution < -0.4 is 10.1 Å². The molecule has 0 fully saturated rings. The van der Waals surface area contributed by atoms with E-state index in [1.807, 2.05) is 12.1 Å². The minimum atomic E-state index is -0.138. The van der Waals surface area contributed by atoms with Gasteiger partial charge >= 0.3 is 0 Å². The second-order valence-corrected chi connectivity index (χ2v) is 5.36. The average molecular weight is 289 g/mol. The highest BCUT2D eigenvalue weighted by molar-refractivity contribution is 5.75. The van der Waals surface area contributed by atoms with Gasteiger partial charge in [-0.15, -0.1) is 0 Å². The Morgan fingerprint density at radius 1 is 1.33 bits per heavy atom. The number of carbonyl (C=O) groups is 1. The van der Waals surface area contributed by atoms with Crippen molar-refractivity contribution in [2.75, 3.05) is 7.05 Å². The Bertz CT molecular complexity index is 439. The van der Waals surface area contributed by atoms with E-state index in [-0.39, 0.29) is 12.0 Å². The first kappa shape index (κ1) is 17.3. The van der Waals surface area contributed by atoms with Crippen molar-refractivity contribution in [3.05, 3.63) is 42.5 Å². The van der Waals surface area contributed by atoms with Crippen LogP contribution in [0, 0.1) is 0 Å². The van der Waals surface area contributed by atoms with Crippen LogP contribution in [0.4, 0.5) is 0 Å². The molecular formula is C18H27NO2. The van der Waals surface area contributed by atoms with Gasteiger partial charge in [-0.1, -0.05) is 45.1 Å². The van der Waals surface area contributed by atoms with Crippen LogP contribution in [-0.2, 0) is 4.79 Å². The molecule has 0 spiro atoms. The van der Waals surface area contributed by atoms with E-state index in [1.54, 1.807) is 13.1 Å². The Kier molecular flexibility index (Phi) is 7.59. The molecule has 1 aromatic carbocycles. The van der Waals surface area contributed by atoms with Gasteiger partial charge in [0, 0.05) is 13.5 Å². The number of carbonyl (C=O) groups excluding carboxylic acids is 1. The van der Waals surface area contributed by atoms with Gasteiger partial charge in [0.1, 0.15) is 11.9 Å². The van der Waals surface area contributed by atoms with E-state index in [4.69, 9.17) is 4.74 Å². The number of hydrogen-bond donors (Lipinski definition) is 1. The van der Waals surface area contributed by atoms with Crippen LogP contribution in [0.5, 0.6) is 5.75 Å². The van der Waals surface area contributed by atoms with Crippen LogP contribution in [0.15, 0.2) is 36.9 Å². The average Bonchev–Trinajstić information content (AvgIpc) is 2.51. The van der Waals surface area contributed by atoms with Gasteiger partial charge < -0.3 is 10.1 Å². The fourth-order valence-corrected chi connectivity index (χ4v) is 2.27. The zero-order valence-corrected chi connectivity index (χ0v) is 13.4. The maximum atomic E-state index is 11.3. The summed E-state index contributed by atoms with van der Waals surface area (Å²) in [7, 11) is 1.64. The molecule has 3 nitrogen and oxygen atoms in total. The van der Waals surface area contributed by atoms with Crippen LogP contribution in [-0.4, -0.2) is 19.1 Å². The first-order chi connectivity index (χ1) is 10.1. The Morgan fingerprint density at radius 3 is 2.52 bits per heavy atom. The lowest BCUT2D eigenvalue weighted by atomic mass is 9.97. The van der Waals surface area contributed by atoms with Crippen molar-refractivity contribution in [2.45, 2.75) is 51.6 Å². The second kappa shape index (κ2) is 9.22. The van der Waals surface area contributed by atoms with E-state index in [0.29, 0.717) is 18.8 Å². The Morgan fingerprint density at radius 2 is 2.00 bits per heavy atom. The lowest BCUT2D eigenvalue weighted by Crippen LogP contribution is -2.21. The van der Waals surface area contributed by atoms with Gasteiger partial charge in [-0.25, -0.2) is 0 Å². The Balaban J connectivity index is 2.56. The number of hydrogen-bond acceptors (Lipinski definition) is 2. The summed E-state index contributed by atoms with van der Waals surface area (Å²) >= 11 is 0. The SMILES string of the molecule is C=CC(CCC(=O)NC)Oc1ccc(C(C)CCC)cc1. The predicted molar refractivity (Wildman–Crippen MR) is 87.7 cm³/mol. The molecule has 0 radical (unpaired) electrons. The summed E-state index contributed by atoms with van der Waals surface area (Å²) < 4.78 is 5.86. The van der Waals surface area contributed by atoms with Gasteiger partial charge in [-0.05, 0) is 36.5 Å². The number of ether oxygens (including phenoxy) is 1. The first-order valence-corrected chi connectivity index (χ1v) is 7.70. The van der Waals surface area contributed by atoms with Crippen LogP contribution in [0.2, 0.25) is 0 Å². The van der Waals surface area contributed by atoms with Crippen molar-refractivity contribution in [1.82, 2.24) is 5.32 Å². The zero-order chi connectivity index (χ0) is 15.7. The van der Waals surface area contributed by atoms with E-state index >= 15 is 0 Å². The molecule has 3 heteroatoms. The van der Waals surface area contributed by atoms with Crippen LogP contribution in [0.3, 0.4) is 0 Å². The van der Waals surface area contributed by atoms with Crippen LogP contribution in [0.25, 0.3) is 0 Å². The van der Waals surface area contributed by atoms with Crippen molar-refractivity contribution in [3.8, 4) is 5.75 Å². The molecule has 1 rings (SSSR count). The molecule has 21 heavy (non-hydrogen) atoms. The summed E-state index contributed by atoms with van der Waals surface area (Å²) in [4.78, 5) is 11.3. The van der Waals surface area contributed by atoms with Crippen molar-refractivity contribution >= 4 is 5.91 Å². The first-order valence-electron chi connectivity index (χ1n) is 7.70. The maximum absolute atomic E-state index is 11.3. The molecule has 0 saturated carbocycles. The quantitative estimate of drug-likeness (QED) is 0.696. The standard InChI is InChI=1S/C18H27NO2/c1-5-7-14(3)15-8-10-17(11-9-15)21-16(6-2)12-13-18(20)19-4/h6,8-11,14,16H,2,5,7,12-13H2,1,3-4H3,(H,19,20). The lowest BCUT2D eigenvalue weighted by molar-refractivity contribution is -0.120. The van der Waals surface area contributed by atoms with E-state index in [2.05, 4.69) is 37.9 Å². The van der Waals surface area contributed by atoms with Crippen LogP contribution >= 0.6 is 0 Å². The predicted octanol–water partition coefficient (Wildman–Crippen LogP) is 4.05. The molecule has 1 N–H and O–H groups in total. The van der Waals surface area contributed by atoms with Gasteiger partial charge in [0.05, 0.1) is 0 Å². The minimum absolute atomic E-state index is 0.0224. The maximum Gasteiger partial charge on any atom is 0.219 e. The molecular weight excluding hydrogens is 262 g/mol. The third-order valence-electron chi connectivity index (χ3n) is 3.66. The normalized spacial score (nSPS) is 13.3. The van der Waals surface area contributed by atoms with Crippen molar-refractivity contribution in [2.24, 2.45) is 0 Å². The van der Waals surface area contributed by atoms with Crippen LogP contribution in [0.1, 0.15) is 51.0 Å². The third-order valence-corrected chi connectivity index (χ3v) is 3.66. The molecule has 0 aliphatic heterocycles. The number of rotatable bonds is 9. The molecule has 0 aliphatic carbocycles. The van der Waals surface area contributed by atoms with Crippen molar-refractivity contribution in [3.63, 3.8) is 0 Å².